The summed E-state index contributed by atoms with van der Waals surface area (Å²) in [6, 6.07) is 2.10. The van der Waals surface area contributed by atoms with E-state index in [0.29, 0.717) is 0 Å². The summed E-state index contributed by atoms with van der Waals surface area (Å²) in [5, 5.41) is 21.9. The van der Waals surface area contributed by atoms with Crippen LogP contribution in [0.5, 0.6) is 0 Å². The number of halogens is 3. The standard InChI is InChI=1S/C14H18BrF2NO4/c1-14(2,3)22-13(21)18-6-9(19)12(20)10-8(16)5-4-7(15)11(10)17/h4-5,9,12,19-20H,6H2,1-3H3,(H,18,21). The number of aliphatic hydroxyl groups is 2. The van der Waals surface area contributed by atoms with Crippen LogP contribution in [-0.4, -0.2) is 34.6 Å². The number of aliphatic hydroxyl groups excluding tert-OH is 2. The molecule has 2 atom stereocenters. The van der Waals surface area contributed by atoms with Gasteiger partial charge in [-0.1, -0.05) is 0 Å². The van der Waals surface area contributed by atoms with Crippen molar-refractivity contribution in [3.63, 3.8) is 0 Å². The molecular formula is C14H18BrF2NO4. The van der Waals surface area contributed by atoms with E-state index < -0.39 is 47.6 Å². The lowest BCUT2D eigenvalue weighted by Gasteiger charge is -2.22. The highest BCUT2D eigenvalue weighted by Crippen LogP contribution is 2.28. The molecule has 0 saturated carbocycles. The Labute approximate surface area is 135 Å². The minimum Gasteiger partial charge on any atom is -0.444 e. The number of rotatable bonds is 4. The Morgan fingerprint density at radius 1 is 1.36 bits per heavy atom. The lowest BCUT2D eigenvalue weighted by atomic mass is 10.0. The number of benzene rings is 1. The number of carbonyl (C=O) groups is 1. The smallest absolute Gasteiger partial charge is 0.407 e. The van der Waals surface area contributed by atoms with Gasteiger partial charge in [0.15, 0.2) is 0 Å². The molecule has 0 aliphatic carbocycles. The van der Waals surface area contributed by atoms with Crippen LogP contribution in [0.25, 0.3) is 0 Å². The fraction of sp³-hybridized carbons (Fsp3) is 0.500. The van der Waals surface area contributed by atoms with Crippen molar-refractivity contribution >= 4 is 22.0 Å². The molecule has 0 bridgehead atoms. The Balaban J connectivity index is 2.72. The number of alkyl carbamates (subject to hydrolysis) is 1. The second-order valence-electron chi connectivity index (χ2n) is 5.65. The Kier molecular flexibility index (Phi) is 6.27. The number of amides is 1. The highest BCUT2D eigenvalue weighted by molar-refractivity contribution is 9.10. The van der Waals surface area contributed by atoms with E-state index in [1.807, 2.05) is 0 Å². The zero-order valence-electron chi connectivity index (χ0n) is 12.4. The van der Waals surface area contributed by atoms with Crippen LogP contribution in [0.4, 0.5) is 13.6 Å². The van der Waals surface area contributed by atoms with Gasteiger partial charge in [-0.15, -0.1) is 0 Å². The summed E-state index contributed by atoms with van der Waals surface area (Å²) in [7, 11) is 0. The van der Waals surface area contributed by atoms with E-state index in [-0.39, 0.29) is 4.47 Å². The number of ether oxygens (including phenoxy) is 1. The molecule has 0 fully saturated rings. The van der Waals surface area contributed by atoms with Gasteiger partial charge in [-0.25, -0.2) is 13.6 Å². The summed E-state index contributed by atoms with van der Waals surface area (Å²) in [5.41, 5.74) is -1.40. The molecule has 0 aliphatic heterocycles. The maximum Gasteiger partial charge on any atom is 0.407 e. The average molecular weight is 382 g/mol. The molecule has 0 heterocycles. The molecule has 5 nitrogen and oxygen atoms in total. The van der Waals surface area contributed by atoms with E-state index in [0.717, 1.165) is 12.1 Å². The number of hydrogen-bond acceptors (Lipinski definition) is 4. The van der Waals surface area contributed by atoms with E-state index in [4.69, 9.17) is 4.74 Å². The van der Waals surface area contributed by atoms with E-state index >= 15 is 0 Å². The van der Waals surface area contributed by atoms with Crippen molar-refractivity contribution in [2.45, 2.75) is 38.6 Å². The van der Waals surface area contributed by atoms with Crippen LogP contribution in [0.1, 0.15) is 32.4 Å². The monoisotopic (exact) mass is 381 g/mol. The van der Waals surface area contributed by atoms with Gasteiger partial charge in [0.2, 0.25) is 0 Å². The number of hydrogen-bond donors (Lipinski definition) is 3. The van der Waals surface area contributed by atoms with E-state index in [2.05, 4.69) is 21.2 Å². The second kappa shape index (κ2) is 7.34. The molecule has 1 amide bonds. The first kappa shape index (κ1) is 18.8. The highest BCUT2D eigenvalue weighted by Gasteiger charge is 2.27. The zero-order chi connectivity index (χ0) is 17.1. The molecule has 1 aromatic carbocycles. The molecule has 22 heavy (non-hydrogen) atoms. The minimum atomic E-state index is -1.84. The Hall–Kier alpha value is -1.25. The van der Waals surface area contributed by atoms with Crippen molar-refractivity contribution in [2.24, 2.45) is 0 Å². The molecule has 0 spiro atoms. The molecule has 1 rings (SSSR count). The van der Waals surface area contributed by atoms with Crippen LogP contribution in [0.2, 0.25) is 0 Å². The topological polar surface area (TPSA) is 78.8 Å². The van der Waals surface area contributed by atoms with Crippen LogP contribution >= 0.6 is 15.9 Å². The molecule has 3 N–H and O–H groups in total. The number of carbonyl (C=O) groups excluding carboxylic acids is 1. The van der Waals surface area contributed by atoms with Gasteiger partial charge in [-0.05, 0) is 48.8 Å². The van der Waals surface area contributed by atoms with E-state index in [9.17, 15) is 23.8 Å². The zero-order valence-corrected chi connectivity index (χ0v) is 13.9. The summed E-state index contributed by atoms with van der Waals surface area (Å²) in [5.74, 6) is -2.01. The fourth-order valence-corrected chi connectivity index (χ4v) is 1.97. The van der Waals surface area contributed by atoms with Crippen molar-refractivity contribution in [2.75, 3.05) is 6.54 Å². The normalized spacial score (nSPS) is 14.4. The quantitative estimate of drug-likeness (QED) is 0.700. The van der Waals surface area contributed by atoms with E-state index in [1.165, 1.54) is 0 Å². The summed E-state index contributed by atoms with van der Waals surface area (Å²) < 4.78 is 32.3. The molecule has 2 unspecified atom stereocenters. The molecule has 124 valence electrons. The van der Waals surface area contributed by atoms with Crippen molar-refractivity contribution in [3.8, 4) is 0 Å². The molecule has 0 aliphatic rings. The first-order chi connectivity index (χ1) is 10.0. The van der Waals surface area contributed by atoms with Crippen LogP contribution < -0.4 is 5.32 Å². The van der Waals surface area contributed by atoms with Crippen molar-refractivity contribution in [1.29, 1.82) is 0 Å². The van der Waals surface area contributed by atoms with Gasteiger partial charge >= 0.3 is 6.09 Å². The molecule has 0 saturated heterocycles. The van der Waals surface area contributed by atoms with Gasteiger partial charge in [0.05, 0.1) is 10.0 Å². The lowest BCUT2D eigenvalue weighted by molar-refractivity contribution is 0.00946. The van der Waals surface area contributed by atoms with Gasteiger partial charge in [0, 0.05) is 6.54 Å². The molecule has 1 aromatic rings. The maximum atomic E-state index is 13.8. The third-order valence-electron chi connectivity index (χ3n) is 2.59. The van der Waals surface area contributed by atoms with Crippen LogP contribution in [0.3, 0.4) is 0 Å². The Morgan fingerprint density at radius 2 is 1.95 bits per heavy atom. The summed E-state index contributed by atoms with van der Waals surface area (Å²) >= 11 is 2.87. The lowest BCUT2D eigenvalue weighted by Crippen LogP contribution is -2.39. The van der Waals surface area contributed by atoms with Gasteiger partial charge < -0.3 is 20.3 Å². The molecular weight excluding hydrogens is 364 g/mol. The van der Waals surface area contributed by atoms with Crippen LogP contribution in [0.15, 0.2) is 16.6 Å². The van der Waals surface area contributed by atoms with Crippen molar-refractivity contribution in [1.82, 2.24) is 5.32 Å². The Morgan fingerprint density at radius 3 is 2.50 bits per heavy atom. The second-order valence-corrected chi connectivity index (χ2v) is 6.51. The van der Waals surface area contributed by atoms with Gasteiger partial charge in [-0.2, -0.15) is 0 Å². The summed E-state index contributed by atoms with van der Waals surface area (Å²) in [6.45, 7) is 4.54. The first-order valence-electron chi connectivity index (χ1n) is 6.49. The highest BCUT2D eigenvalue weighted by atomic mass is 79.9. The minimum absolute atomic E-state index is 0.0461. The summed E-state index contributed by atoms with van der Waals surface area (Å²) in [6.07, 6.45) is -4.26. The van der Waals surface area contributed by atoms with Gasteiger partial charge in [-0.3, -0.25) is 0 Å². The first-order valence-corrected chi connectivity index (χ1v) is 7.28. The molecule has 8 heteroatoms. The van der Waals surface area contributed by atoms with Gasteiger partial charge in [0.1, 0.15) is 29.4 Å². The Bertz CT molecular complexity index is 548. The van der Waals surface area contributed by atoms with Crippen LogP contribution in [0, 0.1) is 11.6 Å². The predicted molar refractivity (Wildman–Crippen MR) is 79.3 cm³/mol. The molecule has 0 aromatic heterocycles. The average Bonchev–Trinajstić information content (AvgIpc) is 2.38. The maximum absolute atomic E-state index is 13.8. The predicted octanol–water partition coefficient (Wildman–Crippen LogP) is 2.65. The third kappa shape index (κ3) is 5.19. The summed E-state index contributed by atoms with van der Waals surface area (Å²) in [4.78, 5) is 11.4. The SMILES string of the molecule is CC(C)(C)OC(=O)NCC(O)C(O)c1c(F)ccc(Br)c1F. The van der Waals surface area contributed by atoms with Gasteiger partial charge in [0.25, 0.3) is 0 Å². The fourth-order valence-electron chi connectivity index (χ4n) is 1.62. The number of nitrogens with one attached hydrogen (secondary N) is 1. The van der Waals surface area contributed by atoms with Crippen molar-refractivity contribution < 1.29 is 28.5 Å². The van der Waals surface area contributed by atoms with E-state index in [1.54, 1.807) is 20.8 Å². The molecule has 0 radical (unpaired) electrons. The largest absolute Gasteiger partial charge is 0.444 e. The third-order valence-corrected chi connectivity index (χ3v) is 3.21. The van der Waals surface area contributed by atoms with Crippen LogP contribution in [-0.2, 0) is 4.74 Å². The van der Waals surface area contributed by atoms with Crippen molar-refractivity contribution in [3.05, 3.63) is 33.8 Å².